The Bertz CT molecular complexity index is 1070. The third kappa shape index (κ3) is 6.08. The fourth-order valence-corrected chi connectivity index (χ4v) is 2.74. The van der Waals surface area contributed by atoms with Crippen molar-refractivity contribution in [1.82, 2.24) is 9.88 Å². The highest BCUT2D eigenvalue weighted by molar-refractivity contribution is 6.02. The van der Waals surface area contributed by atoms with Crippen LogP contribution in [0, 0.1) is 0 Å². The molecule has 0 saturated carbocycles. The molecule has 3 aromatic rings. The van der Waals surface area contributed by atoms with Crippen LogP contribution in [0.15, 0.2) is 53.0 Å². The topological polar surface area (TPSA) is 61.6 Å². The number of likely N-dealkylation sites (N-methyl/N-ethyl adjacent to an activating group) is 2. The summed E-state index contributed by atoms with van der Waals surface area (Å²) >= 11 is 0. The van der Waals surface area contributed by atoms with E-state index in [0.29, 0.717) is 28.4 Å². The first-order chi connectivity index (χ1) is 14.6. The first-order valence-corrected chi connectivity index (χ1v) is 9.54. The van der Waals surface area contributed by atoms with Gasteiger partial charge < -0.3 is 19.5 Å². The number of carbonyl (C=O) groups excluding carboxylic acids is 1. The number of benzene rings is 2. The lowest BCUT2D eigenvalue weighted by atomic mass is 10.1. The number of anilines is 2. The van der Waals surface area contributed by atoms with Crippen molar-refractivity contribution >= 4 is 34.8 Å². The second-order valence-corrected chi connectivity index (χ2v) is 7.35. The maximum Gasteiger partial charge on any atom is 0.416 e. The van der Waals surface area contributed by atoms with E-state index in [0.717, 1.165) is 25.2 Å². The fourth-order valence-electron chi connectivity index (χ4n) is 2.74. The van der Waals surface area contributed by atoms with Crippen molar-refractivity contribution in [2.75, 3.05) is 44.4 Å². The molecule has 2 aromatic carbocycles. The predicted octanol–water partition coefficient (Wildman–Crippen LogP) is 4.50. The van der Waals surface area contributed by atoms with Gasteiger partial charge in [-0.15, -0.1) is 0 Å². The van der Waals surface area contributed by atoms with Gasteiger partial charge in [0.1, 0.15) is 5.52 Å². The molecule has 0 unspecified atom stereocenters. The number of nitrogens with one attached hydrogen (secondary N) is 1. The smallest absolute Gasteiger partial charge is 0.416 e. The predicted molar refractivity (Wildman–Crippen MR) is 115 cm³/mol. The highest BCUT2D eigenvalue weighted by atomic mass is 19.4. The molecule has 0 aliphatic heterocycles. The van der Waals surface area contributed by atoms with Gasteiger partial charge in [-0.3, -0.25) is 4.79 Å². The van der Waals surface area contributed by atoms with E-state index in [1.165, 1.54) is 24.3 Å². The van der Waals surface area contributed by atoms with Crippen LogP contribution in [0.3, 0.4) is 0 Å². The Balaban J connectivity index is 1.64. The first-order valence-electron chi connectivity index (χ1n) is 9.54. The lowest BCUT2D eigenvalue weighted by Crippen LogP contribution is -2.28. The van der Waals surface area contributed by atoms with Crippen molar-refractivity contribution in [3.8, 4) is 0 Å². The number of aromatic nitrogens is 1. The summed E-state index contributed by atoms with van der Waals surface area (Å²) in [6.45, 7) is 1.60. The number of carbonyl (C=O) groups is 1. The maximum absolute atomic E-state index is 12.6. The number of halogens is 3. The van der Waals surface area contributed by atoms with Crippen LogP contribution < -0.4 is 10.2 Å². The van der Waals surface area contributed by atoms with Crippen LogP contribution in [0.25, 0.3) is 17.2 Å². The number of rotatable bonds is 7. The highest BCUT2D eigenvalue weighted by Gasteiger charge is 2.29. The van der Waals surface area contributed by atoms with Crippen molar-refractivity contribution in [2.45, 2.75) is 6.18 Å². The molecule has 164 valence electrons. The number of hydrogen-bond donors (Lipinski definition) is 1. The van der Waals surface area contributed by atoms with Crippen molar-refractivity contribution in [1.29, 1.82) is 0 Å². The van der Waals surface area contributed by atoms with Gasteiger partial charge in [0, 0.05) is 31.9 Å². The quantitative estimate of drug-likeness (QED) is 0.557. The van der Waals surface area contributed by atoms with Crippen LogP contribution in [0.5, 0.6) is 0 Å². The molecule has 0 atom stereocenters. The second kappa shape index (κ2) is 9.22. The van der Waals surface area contributed by atoms with E-state index in [1.807, 2.05) is 26.0 Å². The molecule has 1 heterocycles. The van der Waals surface area contributed by atoms with Crippen LogP contribution in [0.1, 0.15) is 11.1 Å². The van der Waals surface area contributed by atoms with E-state index in [2.05, 4.69) is 15.2 Å². The molecule has 9 heteroatoms. The van der Waals surface area contributed by atoms with Gasteiger partial charge in [-0.25, -0.2) is 0 Å². The average Bonchev–Trinajstić information content (AvgIpc) is 3.13. The van der Waals surface area contributed by atoms with Crippen molar-refractivity contribution in [3.05, 3.63) is 59.7 Å². The van der Waals surface area contributed by atoms with Crippen molar-refractivity contribution in [2.24, 2.45) is 0 Å². The van der Waals surface area contributed by atoms with Crippen LogP contribution in [-0.4, -0.2) is 50.0 Å². The zero-order chi connectivity index (χ0) is 22.6. The number of fused-ring (bicyclic) bond motifs is 1. The molecule has 3 rings (SSSR count). The SMILES string of the molecule is CN(C)CCN(C)c1nc2cc(NC(=O)C=Cc3ccc(C(F)(F)F)cc3)ccc2o1. The highest BCUT2D eigenvalue weighted by Crippen LogP contribution is 2.29. The summed E-state index contributed by atoms with van der Waals surface area (Å²) in [7, 11) is 5.87. The molecular formula is C22H23F3N4O2. The minimum absolute atomic E-state index is 0.411. The molecule has 31 heavy (non-hydrogen) atoms. The molecule has 0 radical (unpaired) electrons. The fraction of sp³-hybridized carbons (Fsp3) is 0.273. The average molecular weight is 432 g/mol. The normalized spacial score (nSPS) is 12.1. The third-order valence-electron chi connectivity index (χ3n) is 4.52. The number of oxazole rings is 1. The van der Waals surface area contributed by atoms with Crippen LogP contribution >= 0.6 is 0 Å². The lowest BCUT2D eigenvalue weighted by molar-refractivity contribution is -0.137. The first kappa shape index (κ1) is 22.4. The van der Waals surface area contributed by atoms with Gasteiger partial charge >= 0.3 is 6.18 Å². The van der Waals surface area contributed by atoms with Crippen molar-refractivity contribution < 1.29 is 22.4 Å². The van der Waals surface area contributed by atoms with Crippen molar-refractivity contribution in [3.63, 3.8) is 0 Å². The minimum Gasteiger partial charge on any atom is -0.423 e. The van der Waals surface area contributed by atoms with E-state index in [-0.39, 0.29) is 0 Å². The molecule has 6 nitrogen and oxygen atoms in total. The van der Waals surface area contributed by atoms with E-state index in [9.17, 15) is 18.0 Å². The van der Waals surface area contributed by atoms with E-state index < -0.39 is 17.6 Å². The summed E-state index contributed by atoms with van der Waals surface area (Å²) in [5.74, 6) is -0.411. The number of nitrogens with zero attached hydrogens (tertiary/aromatic N) is 3. The second-order valence-electron chi connectivity index (χ2n) is 7.35. The molecule has 1 N–H and O–H groups in total. The summed E-state index contributed by atoms with van der Waals surface area (Å²) in [6, 6.07) is 10.2. The van der Waals surface area contributed by atoms with Gasteiger partial charge in [0.25, 0.3) is 6.01 Å². The molecule has 0 saturated heterocycles. The Labute approximate surface area is 178 Å². The Morgan fingerprint density at radius 3 is 2.45 bits per heavy atom. The Morgan fingerprint density at radius 2 is 1.81 bits per heavy atom. The standard InChI is InChI=1S/C22H23F3N4O2/c1-28(2)12-13-29(3)21-27-18-14-17(9-10-19(18)31-21)26-20(30)11-6-15-4-7-16(8-5-15)22(23,24)25/h4-11,14H,12-13H2,1-3H3,(H,26,30). The van der Waals surface area contributed by atoms with Gasteiger partial charge in [0.05, 0.1) is 5.56 Å². The van der Waals surface area contributed by atoms with Crippen LogP contribution in [0.2, 0.25) is 0 Å². The van der Waals surface area contributed by atoms with Gasteiger partial charge in [0.15, 0.2) is 5.58 Å². The lowest BCUT2D eigenvalue weighted by Gasteiger charge is -2.17. The van der Waals surface area contributed by atoms with Crippen LogP contribution in [-0.2, 0) is 11.0 Å². The number of alkyl halides is 3. The molecular weight excluding hydrogens is 409 g/mol. The summed E-state index contributed by atoms with van der Waals surface area (Å²) < 4.78 is 43.6. The molecule has 0 aliphatic carbocycles. The minimum atomic E-state index is -4.39. The molecule has 0 fully saturated rings. The summed E-state index contributed by atoms with van der Waals surface area (Å²) in [6.07, 6.45) is -1.68. The zero-order valence-electron chi connectivity index (χ0n) is 17.4. The summed E-state index contributed by atoms with van der Waals surface area (Å²) in [4.78, 5) is 20.6. The molecule has 1 amide bonds. The largest absolute Gasteiger partial charge is 0.423 e. The van der Waals surface area contributed by atoms with E-state index >= 15 is 0 Å². The Morgan fingerprint density at radius 1 is 1.10 bits per heavy atom. The Hall–Kier alpha value is -3.33. The van der Waals surface area contributed by atoms with E-state index in [4.69, 9.17) is 4.42 Å². The van der Waals surface area contributed by atoms with Gasteiger partial charge in [-0.1, -0.05) is 12.1 Å². The monoisotopic (exact) mass is 432 g/mol. The van der Waals surface area contributed by atoms with Gasteiger partial charge in [-0.05, 0) is 56.1 Å². The molecule has 0 aliphatic rings. The number of amides is 1. The Kier molecular flexibility index (Phi) is 6.65. The van der Waals surface area contributed by atoms with Gasteiger partial charge in [0.2, 0.25) is 5.91 Å². The zero-order valence-corrected chi connectivity index (χ0v) is 17.4. The van der Waals surface area contributed by atoms with E-state index in [1.54, 1.807) is 18.2 Å². The molecule has 1 aromatic heterocycles. The maximum atomic E-state index is 12.6. The number of hydrogen-bond acceptors (Lipinski definition) is 5. The molecule has 0 bridgehead atoms. The molecule has 0 spiro atoms. The summed E-state index contributed by atoms with van der Waals surface area (Å²) in [5, 5.41) is 2.71. The van der Waals surface area contributed by atoms with Gasteiger partial charge in [-0.2, -0.15) is 18.2 Å². The van der Waals surface area contributed by atoms with Crippen LogP contribution in [0.4, 0.5) is 24.9 Å². The third-order valence-corrected chi connectivity index (χ3v) is 4.52. The summed E-state index contributed by atoms with van der Waals surface area (Å²) in [5.41, 5.74) is 1.49.